The van der Waals surface area contributed by atoms with Gasteiger partial charge in [-0.1, -0.05) is 16.8 Å². The number of aromatic nitrogens is 3. The highest BCUT2D eigenvalue weighted by atomic mass is 35.5. The summed E-state index contributed by atoms with van der Waals surface area (Å²) in [6.07, 6.45) is 0. The van der Waals surface area contributed by atoms with Gasteiger partial charge >= 0.3 is 0 Å². The summed E-state index contributed by atoms with van der Waals surface area (Å²) in [6, 6.07) is 7.35. The molecule has 3 aromatic rings. The first-order valence-electron chi connectivity index (χ1n) is 5.47. The lowest BCUT2D eigenvalue weighted by atomic mass is 10.3. The van der Waals surface area contributed by atoms with Gasteiger partial charge in [0.05, 0.1) is 17.6 Å². The Bertz CT molecular complexity index is 716. The number of nitrogen functional groups attached to an aromatic ring is 1. The van der Waals surface area contributed by atoms with Gasteiger partial charge in [0.2, 0.25) is 5.95 Å². The lowest BCUT2D eigenvalue weighted by molar-refractivity contribution is 0.389. The van der Waals surface area contributed by atoms with Crippen molar-refractivity contribution >= 4 is 28.6 Å². The second-order valence-corrected chi connectivity index (χ2v) is 4.55. The van der Waals surface area contributed by atoms with Crippen LogP contribution in [0, 0.1) is 6.92 Å². The average molecular weight is 263 g/mol. The molecule has 0 saturated heterocycles. The van der Waals surface area contributed by atoms with Crippen LogP contribution in [0.1, 0.15) is 11.5 Å². The number of nitrogens with two attached hydrogens (primary N) is 1. The summed E-state index contributed by atoms with van der Waals surface area (Å²) in [6.45, 7) is 2.36. The number of fused-ring (bicyclic) bond motifs is 1. The van der Waals surface area contributed by atoms with Crippen molar-refractivity contribution in [3.8, 4) is 0 Å². The van der Waals surface area contributed by atoms with Gasteiger partial charge < -0.3 is 14.8 Å². The molecule has 0 aliphatic carbocycles. The molecule has 92 valence electrons. The fourth-order valence-corrected chi connectivity index (χ4v) is 2.10. The molecule has 0 radical (unpaired) electrons. The summed E-state index contributed by atoms with van der Waals surface area (Å²) in [5, 5.41) is 4.60. The van der Waals surface area contributed by atoms with E-state index in [0.29, 0.717) is 17.5 Å². The van der Waals surface area contributed by atoms with Gasteiger partial charge in [0.25, 0.3) is 0 Å². The second-order valence-electron chi connectivity index (χ2n) is 4.12. The Morgan fingerprint density at radius 3 is 2.94 bits per heavy atom. The van der Waals surface area contributed by atoms with Crippen molar-refractivity contribution in [2.24, 2.45) is 0 Å². The number of hydrogen-bond donors (Lipinski definition) is 1. The van der Waals surface area contributed by atoms with Gasteiger partial charge in [-0.15, -0.1) is 0 Å². The van der Waals surface area contributed by atoms with Crippen molar-refractivity contribution in [2.75, 3.05) is 5.73 Å². The van der Waals surface area contributed by atoms with Crippen molar-refractivity contribution < 1.29 is 4.52 Å². The van der Waals surface area contributed by atoms with Crippen molar-refractivity contribution in [2.45, 2.75) is 13.5 Å². The van der Waals surface area contributed by atoms with Crippen molar-refractivity contribution in [3.05, 3.63) is 40.7 Å². The fourth-order valence-electron chi connectivity index (χ4n) is 1.94. The third-order valence-corrected chi connectivity index (χ3v) is 2.97. The predicted octanol–water partition coefficient (Wildman–Crippen LogP) is 2.62. The maximum Gasteiger partial charge on any atom is 0.201 e. The molecule has 0 fully saturated rings. The van der Waals surface area contributed by atoms with E-state index in [-0.39, 0.29) is 0 Å². The lowest BCUT2D eigenvalue weighted by Gasteiger charge is -2.03. The second kappa shape index (κ2) is 4.03. The summed E-state index contributed by atoms with van der Waals surface area (Å²) in [5.74, 6) is 1.21. The van der Waals surface area contributed by atoms with E-state index < -0.39 is 0 Å². The Morgan fingerprint density at radius 2 is 2.22 bits per heavy atom. The number of hydrogen-bond acceptors (Lipinski definition) is 4. The molecule has 2 N–H and O–H groups in total. The highest BCUT2D eigenvalue weighted by Gasteiger charge is 2.10. The minimum absolute atomic E-state index is 0.438. The zero-order chi connectivity index (χ0) is 12.7. The van der Waals surface area contributed by atoms with Crippen LogP contribution in [-0.4, -0.2) is 14.7 Å². The average Bonchev–Trinajstić information content (AvgIpc) is 2.86. The maximum absolute atomic E-state index is 5.99. The molecule has 0 spiro atoms. The first kappa shape index (κ1) is 11.1. The molecule has 0 aliphatic heterocycles. The van der Waals surface area contributed by atoms with E-state index in [9.17, 15) is 0 Å². The molecule has 1 aromatic carbocycles. The summed E-state index contributed by atoms with van der Waals surface area (Å²) in [7, 11) is 0. The standard InChI is InChI=1S/C12H11ClN4O/c1-7-4-9(16-18-7)6-17-11-5-8(13)2-3-10(11)15-12(17)14/h2-5H,6H2,1H3,(H2,14,15). The molecule has 0 aliphatic rings. The van der Waals surface area contributed by atoms with Crippen LogP contribution in [0.5, 0.6) is 0 Å². The summed E-state index contributed by atoms with van der Waals surface area (Å²) in [4.78, 5) is 4.28. The summed E-state index contributed by atoms with van der Waals surface area (Å²) < 4.78 is 6.90. The Kier molecular flexibility index (Phi) is 2.48. The van der Waals surface area contributed by atoms with Crippen LogP contribution in [0.3, 0.4) is 0 Å². The lowest BCUT2D eigenvalue weighted by Crippen LogP contribution is -2.04. The molecule has 3 rings (SSSR count). The molecule has 2 heterocycles. The number of halogens is 1. The van der Waals surface area contributed by atoms with E-state index >= 15 is 0 Å². The number of rotatable bonds is 2. The van der Waals surface area contributed by atoms with Crippen LogP contribution >= 0.6 is 11.6 Å². The van der Waals surface area contributed by atoms with Crippen molar-refractivity contribution in [1.82, 2.24) is 14.7 Å². The van der Waals surface area contributed by atoms with Crippen LogP contribution < -0.4 is 5.73 Å². The Hall–Kier alpha value is -2.01. The van der Waals surface area contributed by atoms with Crippen molar-refractivity contribution in [3.63, 3.8) is 0 Å². The van der Waals surface area contributed by atoms with Gasteiger partial charge in [-0.25, -0.2) is 4.98 Å². The third kappa shape index (κ3) is 1.82. The fraction of sp³-hybridized carbons (Fsp3) is 0.167. The topological polar surface area (TPSA) is 69.9 Å². The minimum atomic E-state index is 0.438. The summed E-state index contributed by atoms with van der Waals surface area (Å²) in [5.41, 5.74) is 8.42. The van der Waals surface area contributed by atoms with Crippen LogP contribution in [-0.2, 0) is 6.54 Å². The van der Waals surface area contributed by atoms with Gasteiger partial charge in [-0.3, -0.25) is 0 Å². The summed E-state index contributed by atoms with van der Waals surface area (Å²) >= 11 is 5.99. The van der Waals surface area contributed by atoms with E-state index in [1.54, 1.807) is 6.07 Å². The molecule has 18 heavy (non-hydrogen) atoms. The molecule has 0 amide bonds. The van der Waals surface area contributed by atoms with E-state index in [4.69, 9.17) is 21.9 Å². The highest BCUT2D eigenvalue weighted by Crippen LogP contribution is 2.22. The molecular formula is C12H11ClN4O. The number of aryl methyl sites for hydroxylation is 1. The number of benzene rings is 1. The molecule has 0 bridgehead atoms. The van der Waals surface area contributed by atoms with Crippen LogP contribution in [0.15, 0.2) is 28.8 Å². The smallest absolute Gasteiger partial charge is 0.201 e. The van der Waals surface area contributed by atoms with Crippen molar-refractivity contribution in [1.29, 1.82) is 0 Å². The quantitative estimate of drug-likeness (QED) is 0.771. The monoisotopic (exact) mass is 262 g/mol. The maximum atomic E-state index is 5.99. The molecule has 2 aromatic heterocycles. The molecule has 6 heteroatoms. The molecule has 0 saturated carbocycles. The molecule has 0 unspecified atom stereocenters. The van der Waals surface area contributed by atoms with E-state index in [1.165, 1.54) is 0 Å². The number of anilines is 1. The van der Waals surface area contributed by atoms with E-state index in [0.717, 1.165) is 22.5 Å². The first-order valence-corrected chi connectivity index (χ1v) is 5.85. The zero-order valence-corrected chi connectivity index (χ0v) is 10.5. The van der Waals surface area contributed by atoms with Gasteiger partial charge in [0, 0.05) is 11.1 Å². The van der Waals surface area contributed by atoms with Crippen LogP contribution in [0.2, 0.25) is 5.02 Å². The van der Waals surface area contributed by atoms with E-state index in [1.807, 2.05) is 29.7 Å². The minimum Gasteiger partial charge on any atom is -0.369 e. The van der Waals surface area contributed by atoms with Gasteiger partial charge in [-0.05, 0) is 25.1 Å². The first-order chi connectivity index (χ1) is 8.63. The SMILES string of the molecule is Cc1cc(Cn2c(N)nc3ccc(Cl)cc32)no1. The normalized spacial score (nSPS) is 11.2. The third-order valence-electron chi connectivity index (χ3n) is 2.74. The van der Waals surface area contributed by atoms with Crippen LogP contribution in [0.4, 0.5) is 5.95 Å². The Balaban J connectivity index is 2.10. The van der Waals surface area contributed by atoms with Gasteiger partial charge in [0.1, 0.15) is 11.5 Å². The predicted molar refractivity (Wildman–Crippen MR) is 69.5 cm³/mol. The largest absolute Gasteiger partial charge is 0.369 e. The highest BCUT2D eigenvalue weighted by molar-refractivity contribution is 6.31. The molecule has 0 atom stereocenters. The van der Waals surface area contributed by atoms with Gasteiger partial charge in [-0.2, -0.15) is 0 Å². The number of imidazole rings is 1. The molecule has 5 nitrogen and oxygen atoms in total. The van der Waals surface area contributed by atoms with E-state index in [2.05, 4.69) is 10.1 Å². The Labute approximate surface area is 108 Å². The Morgan fingerprint density at radius 1 is 1.39 bits per heavy atom. The zero-order valence-electron chi connectivity index (χ0n) is 9.72. The number of nitrogens with zero attached hydrogens (tertiary/aromatic N) is 3. The van der Waals surface area contributed by atoms with Gasteiger partial charge in [0.15, 0.2) is 0 Å². The molecular weight excluding hydrogens is 252 g/mol. The van der Waals surface area contributed by atoms with Crippen LogP contribution in [0.25, 0.3) is 11.0 Å².